The van der Waals surface area contributed by atoms with Gasteiger partial charge in [0, 0.05) is 6.61 Å². The van der Waals surface area contributed by atoms with Gasteiger partial charge in [0.25, 0.3) is 0 Å². The molecule has 1 unspecified atom stereocenters. The maximum Gasteiger partial charge on any atom is 0.246 e. The highest BCUT2D eigenvalue weighted by molar-refractivity contribution is 4.84. The fraction of sp³-hybridized carbons (Fsp3) is 1.00. The van der Waals surface area contributed by atoms with Gasteiger partial charge in [-0.3, -0.25) is 0 Å². The van der Waals surface area contributed by atoms with Crippen molar-refractivity contribution in [3.05, 3.63) is 0 Å². The Kier molecular flexibility index (Phi) is 3.40. The second-order valence-electron chi connectivity index (χ2n) is 3.36. The summed E-state index contributed by atoms with van der Waals surface area (Å²) in [6.07, 6.45) is -0.669. The summed E-state index contributed by atoms with van der Waals surface area (Å²) in [5.41, 5.74) is 4.34. The maximum absolute atomic E-state index is 12.6. The van der Waals surface area contributed by atoms with Crippen LogP contribution in [0.1, 0.15) is 19.3 Å². The molecule has 0 aliphatic carbocycles. The van der Waals surface area contributed by atoms with Crippen LogP contribution in [0.3, 0.4) is 0 Å². The van der Waals surface area contributed by atoms with Crippen LogP contribution in [0.2, 0.25) is 0 Å². The molecule has 1 rings (SSSR count). The molecule has 0 aromatic carbocycles. The first kappa shape index (κ1) is 9.86. The molecular formula is C8H15F2NO. The van der Waals surface area contributed by atoms with E-state index in [0.717, 1.165) is 6.42 Å². The monoisotopic (exact) mass is 179 g/mol. The van der Waals surface area contributed by atoms with Gasteiger partial charge in [-0.1, -0.05) is 0 Å². The second-order valence-corrected chi connectivity index (χ2v) is 3.36. The fourth-order valence-corrected chi connectivity index (χ4v) is 1.64. The zero-order chi connectivity index (χ0) is 9.03. The van der Waals surface area contributed by atoms with Crippen LogP contribution in [-0.4, -0.2) is 26.2 Å². The number of hydrogen-bond acceptors (Lipinski definition) is 2. The molecule has 0 saturated carbocycles. The first-order valence-corrected chi connectivity index (χ1v) is 4.27. The van der Waals surface area contributed by atoms with Gasteiger partial charge < -0.3 is 10.5 Å². The summed E-state index contributed by atoms with van der Waals surface area (Å²) >= 11 is 0. The van der Waals surface area contributed by atoms with E-state index in [4.69, 9.17) is 10.5 Å². The van der Waals surface area contributed by atoms with Crippen LogP contribution < -0.4 is 5.73 Å². The van der Waals surface area contributed by atoms with E-state index >= 15 is 0 Å². The minimum absolute atomic E-state index is 0.169. The SMILES string of the molecule is NCCC1(C(F)F)CCCOC1. The molecule has 4 heteroatoms. The van der Waals surface area contributed by atoms with Gasteiger partial charge in [-0.25, -0.2) is 8.78 Å². The third-order valence-corrected chi connectivity index (χ3v) is 2.46. The molecule has 0 radical (unpaired) electrons. The van der Waals surface area contributed by atoms with E-state index in [1.807, 2.05) is 0 Å². The van der Waals surface area contributed by atoms with E-state index in [1.54, 1.807) is 0 Å². The number of rotatable bonds is 3. The molecule has 2 N–H and O–H groups in total. The standard InChI is InChI=1S/C8H15F2NO/c9-7(10)8(3-4-11)2-1-5-12-6-8/h7H,1-6,11H2. The van der Waals surface area contributed by atoms with E-state index in [-0.39, 0.29) is 6.61 Å². The molecule has 1 saturated heterocycles. The lowest BCUT2D eigenvalue weighted by Crippen LogP contribution is -2.40. The zero-order valence-electron chi connectivity index (χ0n) is 7.06. The van der Waals surface area contributed by atoms with Crippen molar-refractivity contribution in [3.63, 3.8) is 0 Å². The van der Waals surface area contributed by atoms with E-state index in [1.165, 1.54) is 0 Å². The highest BCUT2D eigenvalue weighted by Gasteiger charge is 2.40. The predicted octanol–water partition coefficient (Wildman–Crippen LogP) is 1.40. The summed E-state index contributed by atoms with van der Waals surface area (Å²) in [6.45, 7) is 1.09. The largest absolute Gasteiger partial charge is 0.381 e. The summed E-state index contributed by atoms with van der Waals surface area (Å²) in [6, 6.07) is 0. The first-order valence-electron chi connectivity index (χ1n) is 4.27. The van der Waals surface area contributed by atoms with E-state index in [0.29, 0.717) is 26.0 Å². The van der Waals surface area contributed by atoms with Gasteiger partial charge in [-0.2, -0.15) is 0 Å². The first-order chi connectivity index (χ1) is 5.71. The molecule has 1 aliphatic heterocycles. The normalized spacial score (nSPS) is 31.0. The number of hydrogen-bond donors (Lipinski definition) is 1. The van der Waals surface area contributed by atoms with Gasteiger partial charge in [0.15, 0.2) is 0 Å². The molecule has 12 heavy (non-hydrogen) atoms. The van der Waals surface area contributed by atoms with Gasteiger partial charge in [0.05, 0.1) is 12.0 Å². The molecule has 1 aliphatic rings. The molecule has 1 heterocycles. The van der Waals surface area contributed by atoms with Crippen LogP contribution in [0.4, 0.5) is 8.78 Å². The topological polar surface area (TPSA) is 35.2 Å². The minimum atomic E-state index is -2.30. The zero-order valence-corrected chi connectivity index (χ0v) is 7.06. The predicted molar refractivity (Wildman–Crippen MR) is 42.2 cm³/mol. The quantitative estimate of drug-likeness (QED) is 0.710. The van der Waals surface area contributed by atoms with Crippen molar-refractivity contribution in [3.8, 4) is 0 Å². The summed E-state index contributed by atoms with van der Waals surface area (Å²) in [7, 11) is 0. The van der Waals surface area contributed by atoms with Crippen LogP contribution in [0.5, 0.6) is 0 Å². The summed E-state index contributed by atoms with van der Waals surface area (Å²) in [5.74, 6) is 0. The number of nitrogens with two attached hydrogens (primary N) is 1. The summed E-state index contributed by atoms with van der Waals surface area (Å²) < 4.78 is 30.3. The Morgan fingerprint density at radius 1 is 1.50 bits per heavy atom. The lowest BCUT2D eigenvalue weighted by Gasteiger charge is -2.35. The molecule has 0 amide bonds. The Morgan fingerprint density at radius 3 is 2.67 bits per heavy atom. The molecule has 0 spiro atoms. The molecule has 0 bridgehead atoms. The van der Waals surface area contributed by atoms with Crippen molar-refractivity contribution in [1.29, 1.82) is 0 Å². The van der Waals surface area contributed by atoms with Crippen LogP contribution in [0.15, 0.2) is 0 Å². The van der Waals surface area contributed by atoms with Gasteiger partial charge in [0.2, 0.25) is 6.43 Å². The van der Waals surface area contributed by atoms with Gasteiger partial charge in [-0.15, -0.1) is 0 Å². The number of ether oxygens (including phenoxy) is 1. The van der Waals surface area contributed by atoms with Gasteiger partial charge in [0.1, 0.15) is 0 Å². The third-order valence-electron chi connectivity index (χ3n) is 2.46. The van der Waals surface area contributed by atoms with Crippen molar-refractivity contribution in [1.82, 2.24) is 0 Å². The molecule has 1 fully saturated rings. The molecule has 0 aromatic rings. The molecule has 2 nitrogen and oxygen atoms in total. The Balaban J connectivity index is 2.56. The van der Waals surface area contributed by atoms with Crippen molar-refractivity contribution < 1.29 is 13.5 Å². The van der Waals surface area contributed by atoms with Crippen LogP contribution >= 0.6 is 0 Å². The molecule has 0 aromatic heterocycles. The average Bonchev–Trinajstić information content (AvgIpc) is 2.06. The number of halogens is 2. The van der Waals surface area contributed by atoms with Gasteiger partial charge >= 0.3 is 0 Å². The second kappa shape index (κ2) is 4.14. The summed E-state index contributed by atoms with van der Waals surface area (Å²) in [4.78, 5) is 0. The Labute approximate surface area is 71.1 Å². The van der Waals surface area contributed by atoms with Crippen molar-refractivity contribution in [2.45, 2.75) is 25.7 Å². The average molecular weight is 179 g/mol. The Bertz CT molecular complexity index is 130. The minimum Gasteiger partial charge on any atom is -0.381 e. The van der Waals surface area contributed by atoms with E-state index in [9.17, 15) is 8.78 Å². The van der Waals surface area contributed by atoms with Crippen LogP contribution in [-0.2, 0) is 4.74 Å². The van der Waals surface area contributed by atoms with Crippen molar-refractivity contribution >= 4 is 0 Å². The van der Waals surface area contributed by atoms with Gasteiger partial charge in [-0.05, 0) is 25.8 Å². The maximum atomic E-state index is 12.6. The molecule has 72 valence electrons. The van der Waals surface area contributed by atoms with Crippen LogP contribution in [0.25, 0.3) is 0 Å². The molecular weight excluding hydrogens is 164 g/mol. The smallest absolute Gasteiger partial charge is 0.246 e. The highest BCUT2D eigenvalue weighted by Crippen LogP contribution is 2.37. The van der Waals surface area contributed by atoms with Crippen LogP contribution in [0, 0.1) is 5.41 Å². The van der Waals surface area contributed by atoms with E-state index < -0.39 is 11.8 Å². The van der Waals surface area contributed by atoms with Crippen molar-refractivity contribution in [2.75, 3.05) is 19.8 Å². The van der Waals surface area contributed by atoms with E-state index in [2.05, 4.69) is 0 Å². The highest BCUT2D eigenvalue weighted by atomic mass is 19.3. The fourth-order valence-electron chi connectivity index (χ4n) is 1.64. The van der Waals surface area contributed by atoms with Crippen molar-refractivity contribution in [2.24, 2.45) is 11.1 Å². The molecule has 1 atom stereocenters. The lowest BCUT2D eigenvalue weighted by atomic mass is 9.80. The third kappa shape index (κ3) is 1.93. The lowest BCUT2D eigenvalue weighted by molar-refractivity contribution is -0.102. The number of alkyl halides is 2. The summed E-state index contributed by atoms with van der Waals surface area (Å²) in [5, 5.41) is 0. The Morgan fingerprint density at radius 2 is 2.25 bits per heavy atom. The Hall–Kier alpha value is -0.220.